The number of hydrogen-bond donors (Lipinski definition) is 1. The van der Waals surface area contributed by atoms with Crippen LogP contribution in [0.1, 0.15) is 38.5 Å². The summed E-state index contributed by atoms with van der Waals surface area (Å²) in [6, 6.07) is 3.85. The Labute approximate surface area is 130 Å². The summed E-state index contributed by atoms with van der Waals surface area (Å²) in [7, 11) is 0. The lowest BCUT2D eigenvalue weighted by molar-refractivity contribution is 0.501. The van der Waals surface area contributed by atoms with Crippen molar-refractivity contribution in [3.05, 3.63) is 33.5 Å². The summed E-state index contributed by atoms with van der Waals surface area (Å²) >= 11 is 12.3. The molecule has 1 aromatic carbocycles. The van der Waals surface area contributed by atoms with Crippen molar-refractivity contribution in [3.8, 4) is 0 Å². The van der Waals surface area contributed by atoms with Crippen molar-refractivity contribution in [3.63, 3.8) is 0 Å². The van der Waals surface area contributed by atoms with Crippen LogP contribution in [0.5, 0.6) is 0 Å². The molecule has 0 aliphatic carbocycles. The summed E-state index contributed by atoms with van der Waals surface area (Å²) in [5, 5.41) is 5.52. The molecule has 0 amide bonds. The van der Waals surface area contributed by atoms with Gasteiger partial charge in [0.15, 0.2) is 5.58 Å². The first kappa shape index (κ1) is 15.7. The number of nitrogens with one attached hydrogen (secondary N) is 1. The Bertz CT molecular complexity index is 590. The second kappa shape index (κ2) is 6.84. The van der Waals surface area contributed by atoms with Gasteiger partial charge >= 0.3 is 0 Å². The molecule has 0 fully saturated rings. The highest BCUT2D eigenvalue weighted by atomic mass is 35.5. The van der Waals surface area contributed by atoms with E-state index in [-0.39, 0.29) is 0 Å². The predicted octanol–water partition coefficient (Wildman–Crippen LogP) is 5.44. The first-order valence-electron chi connectivity index (χ1n) is 7.13. The second-order valence-corrected chi connectivity index (χ2v) is 6.30. The van der Waals surface area contributed by atoms with Gasteiger partial charge in [0.25, 0.3) is 0 Å². The minimum absolute atomic E-state index is 0.510. The lowest BCUT2D eigenvalue weighted by Crippen LogP contribution is -2.14. The van der Waals surface area contributed by atoms with Crippen molar-refractivity contribution in [2.24, 2.45) is 5.92 Å². The summed E-state index contributed by atoms with van der Waals surface area (Å²) in [5.74, 6) is 1.54. The van der Waals surface area contributed by atoms with Gasteiger partial charge < -0.3 is 9.73 Å². The zero-order valence-corrected chi connectivity index (χ0v) is 13.7. The maximum Gasteiger partial charge on any atom is 0.154 e. The van der Waals surface area contributed by atoms with Gasteiger partial charge in [0.2, 0.25) is 0 Å². The van der Waals surface area contributed by atoms with E-state index >= 15 is 0 Å². The SMILES string of the molecule is CCCNCc1oc2c(Cl)c(Cl)ccc2c1CC(C)C. The van der Waals surface area contributed by atoms with E-state index in [0.29, 0.717) is 21.5 Å². The lowest BCUT2D eigenvalue weighted by atomic mass is 10.00. The number of furan rings is 1. The first-order chi connectivity index (χ1) is 9.54. The molecule has 20 heavy (non-hydrogen) atoms. The van der Waals surface area contributed by atoms with E-state index in [1.165, 1.54) is 5.56 Å². The van der Waals surface area contributed by atoms with E-state index in [9.17, 15) is 0 Å². The normalized spacial score (nSPS) is 11.7. The van der Waals surface area contributed by atoms with Gasteiger partial charge in [0.1, 0.15) is 10.8 Å². The average molecular weight is 314 g/mol. The molecule has 0 bridgehead atoms. The topological polar surface area (TPSA) is 25.2 Å². The molecule has 1 heterocycles. The van der Waals surface area contributed by atoms with E-state index < -0.39 is 0 Å². The average Bonchev–Trinajstić information content (AvgIpc) is 2.73. The Hall–Kier alpha value is -0.700. The van der Waals surface area contributed by atoms with Crippen LogP contribution in [0.15, 0.2) is 16.5 Å². The minimum atomic E-state index is 0.510. The maximum atomic E-state index is 6.26. The van der Waals surface area contributed by atoms with Gasteiger partial charge in [0.05, 0.1) is 11.6 Å². The summed E-state index contributed by atoms with van der Waals surface area (Å²) < 4.78 is 5.98. The van der Waals surface area contributed by atoms with Crippen molar-refractivity contribution in [2.45, 2.75) is 40.2 Å². The van der Waals surface area contributed by atoms with Crippen molar-refractivity contribution >= 4 is 34.2 Å². The van der Waals surface area contributed by atoms with E-state index in [1.807, 2.05) is 12.1 Å². The van der Waals surface area contributed by atoms with Crippen molar-refractivity contribution in [2.75, 3.05) is 6.54 Å². The van der Waals surface area contributed by atoms with Gasteiger partial charge in [-0.1, -0.05) is 44.0 Å². The minimum Gasteiger partial charge on any atom is -0.458 e. The Balaban J connectivity index is 2.45. The van der Waals surface area contributed by atoms with E-state index in [0.717, 1.165) is 37.1 Å². The fourth-order valence-electron chi connectivity index (χ4n) is 2.36. The fourth-order valence-corrected chi connectivity index (χ4v) is 2.71. The molecule has 0 radical (unpaired) electrons. The molecular formula is C16H21Cl2NO. The molecule has 0 unspecified atom stereocenters. The predicted molar refractivity (Wildman–Crippen MR) is 86.8 cm³/mol. The molecule has 110 valence electrons. The van der Waals surface area contributed by atoms with Crippen molar-refractivity contribution in [1.82, 2.24) is 5.32 Å². The third kappa shape index (κ3) is 3.30. The Kier molecular flexibility index (Phi) is 5.36. The largest absolute Gasteiger partial charge is 0.458 e. The monoisotopic (exact) mass is 313 g/mol. The van der Waals surface area contributed by atoms with Crippen LogP contribution in [0, 0.1) is 5.92 Å². The quantitative estimate of drug-likeness (QED) is 0.718. The van der Waals surface area contributed by atoms with Gasteiger partial charge in [-0.3, -0.25) is 0 Å². The highest BCUT2D eigenvalue weighted by Gasteiger charge is 2.18. The fraction of sp³-hybridized carbons (Fsp3) is 0.500. The molecule has 0 saturated carbocycles. The van der Waals surface area contributed by atoms with Crippen LogP contribution in [0.25, 0.3) is 11.0 Å². The van der Waals surface area contributed by atoms with Crippen LogP contribution in [-0.4, -0.2) is 6.54 Å². The molecule has 0 spiro atoms. The van der Waals surface area contributed by atoms with Crippen LogP contribution in [-0.2, 0) is 13.0 Å². The van der Waals surface area contributed by atoms with Crippen molar-refractivity contribution < 1.29 is 4.42 Å². The Morgan fingerprint density at radius 2 is 2.00 bits per heavy atom. The standard InChI is InChI=1S/C16H21Cl2NO/c1-4-7-19-9-14-12(8-10(2)3)11-5-6-13(17)15(18)16(11)20-14/h5-6,10,19H,4,7-9H2,1-3H3. The molecule has 0 aliphatic heterocycles. The van der Waals surface area contributed by atoms with Gasteiger partial charge in [0, 0.05) is 10.9 Å². The van der Waals surface area contributed by atoms with Gasteiger partial charge in [-0.15, -0.1) is 0 Å². The number of benzene rings is 1. The molecule has 0 atom stereocenters. The van der Waals surface area contributed by atoms with Crippen LogP contribution < -0.4 is 5.32 Å². The summed E-state index contributed by atoms with van der Waals surface area (Å²) in [4.78, 5) is 0. The molecule has 2 aromatic rings. The molecule has 2 nitrogen and oxygen atoms in total. The van der Waals surface area contributed by atoms with Crippen LogP contribution in [0.3, 0.4) is 0 Å². The molecule has 0 aliphatic rings. The molecular weight excluding hydrogens is 293 g/mol. The number of halogens is 2. The van der Waals surface area contributed by atoms with Gasteiger partial charge in [-0.2, -0.15) is 0 Å². The highest BCUT2D eigenvalue weighted by Crippen LogP contribution is 2.36. The zero-order chi connectivity index (χ0) is 14.7. The Morgan fingerprint density at radius 3 is 2.65 bits per heavy atom. The van der Waals surface area contributed by atoms with Crippen LogP contribution >= 0.6 is 23.2 Å². The van der Waals surface area contributed by atoms with Gasteiger partial charge in [-0.05, 0) is 37.4 Å². The number of fused-ring (bicyclic) bond motifs is 1. The van der Waals surface area contributed by atoms with E-state index in [1.54, 1.807) is 0 Å². The molecule has 4 heteroatoms. The maximum absolute atomic E-state index is 6.26. The molecule has 1 aromatic heterocycles. The van der Waals surface area contributed by atoms with E-state index in [2.05, 4.69) is 26.1 Å². The molecule has 0 saturated heterocycles. The third-order valence-electron chi connectivity index (χ3n) is 3.26. The zero-order valence-electron chi connectivity index (χ0n) is 12.2. The number of rotatable bonds is 6. The smallest absolute Gasteiger partial charge is 0.154 e. The first-order valence-corrected chi connectivity index (χ1v) is 7.89. The number of hydrogen-bond acceptors (Lipinski definition) is 2. The van der Waals surface area contributed by atoms with Crippen LogP contribution in [0.4, 0.5) is 0 Å². The second-order valence-electron chi connectivity index (χ2n) is 5.52. The summed E-state index contributed by atoms with van der Waals surface area (Å²) in [5.41, 5.74) is 1.96. The third-order valence-corrected chi connectivity index (χ3v) is 4.05. The summed E-state index contributed by atoms with van der Waals surface area (Å²) in [6.07, 6.45) is 2.08. The van der Waals surface area contributed by atoms with Gasteiger partial charge in [-0.25, -0.2) is 0 Å². The Morgan fingerprint density at radius 1 is 1.25 bits per heavy atom. The van der Waals surface area contributed by atoms with Crippen LogP contribution in [0.2, 0.25) is 10.0 Å². The molecule has 2 rings (SSSR count). The lowest BCUT2D eigenvalue weighted by Gasteiger charge is -2.07. The molecule has 1 N–H and O–H groups in total. The highest BCUT2D eigenvalue weighted by molar-refractivity contribution is 6.44. The van der Waals surface area contributed by atoms with E-state index in [4.69, 9.17) is 27.6 Å². The van der Waals surface area contributed by atoms with Crippen molar-refractivity contribution in [1.29, 1.82) is 0 Å². The summed E-state index contributed by atoms with van der Waals surface area (Å²) in [6.45, 7) is 8.28.